The SMILES string of the molecule is O=[C][C@H](CCC(=O)O)NC(=O)CCN1C(=O)C=CC1=O. The molecule has 20 heavy (non-hydrogen) atoms. The molecule has 2 N–H and O–H groups in total. The number of aliphatic carboxylic acids is 1. The van der Waals surface area contributed by atoms with E-state index in [1.54, 1.807) is 0 Å². The Morgan fingerprint density at radius 1 is 1.25 bits per heavy atom. The standard InChI is InChI=1S/C12H13N2O6/c15-7-8(1-4-12(19)20)13-9(16)5-6-14-10(17)2-3-11(14)18/h2-3,8H,1,4-6H2,(H,13,16)(H,19,20)/t8-/m0/s1. The van der Waals surface area contributed by atoms with Crippen LogP contribution in [0.5, 0.6) is 0 Å². The van der Waals surface area contributed by atoms with E-state index in [0.29, 0.717) is 0 Å². The second kappa shape index (κ2) is 7.17. The minimum absolute atomic E-state index is 0.0618. The largest absolute Gasteiger partial charge is 0.481 e. The van der Waals surface area contributed by atoms with Gasteiger partial charge in [-0.3, -0.25) is 28.9 Å². The van der Waals surface area contributed by atoms with Crippen LogP contribution < -0.4 is 5.32 Å². The summed E-state index contributed by atoms with van der Waals surface area (Å²) in [5.41, 5.74) is 0. The third-order valence-corrected chi connectivity index (χ3v) is 2.59. The fraction of sp³-hybridized carbons (Fsp3) is 0.417. The molecule has 0 saturated carbocycles. The molecule has 0 bridgehead atoms. The molecule has 1 radical (unpaired) electrons. The molecule has 0 aromatic carbocycles. The molecule has 1 atom stereocenters. The van der Waals surface area contributed by atoms with E-state index in [4.69, 9.17) is 5.11 Å². The Kier molecular flexibility index (Phi) is 5.57. The Labute approximate surface area is 114 Å². The number of carboxylic acids is 1. The second-order valence-corrected chi connectivity index (χ2v) is 4.08. The van der Waals surface area contributed by atoms with Gasteiger partial charge in [0, 0.05) is 31.5 Å². The number of hydrogen-bond acceptors (Lipinski definition) is 5. The van der Waals surface area contributed by atoms with Gasteiger partial charge < -0.3 is 10.4 Å². The van der Waals surface area contributed by atoms with Crippen LogP contribution in [0.15, 0.2) is 12.2 Å². The summed E-state index contributed by atoms with van der Waals surface area (Å²) in [5, 5.41) is 10.7. The first kappa shape index (κ1) is 15.5. The Morgan fingerprint density at radius 3 is 2.35 bits per heavy atom. The maximum Gasteiger partial charge on any atom is 0.303 e. The highest BCUT2D eigenvalue weighted by Crippen LogP contribution is 2.04. The molecule has 8 nitrogen and oxygen atoms in total. The second-order valence-electron chi connectivity index (χ2n) is 4.08. The molecule has 0 saturated heterocycles. The minimum atomic E-state index is -1.08. The van der Waals surface area contributed by atoms with E-state index in [1.165, 1.54) is 6.29 Å². The van der Waals surface area contributed by atoms with Crippen molar-refractivity contribution in [3.05, 3.63) is 12.2 Å². The van der Waals surface area contributed by atoms with Crippen LogP contribution in [-0.2, 0) is 24.0 Å². The monoisotopic (exact) mass is 281 g/mol. The molecule has 3 amide bonds. The van der Waals surface area contributed by atoms with E-state index in [9.17, 15) is 24.0 Å². The highest BCUT2D eigenvalue weighted by Gasteiger charge is 2.24. The normalized spacial score (nSPS) is 15.3. The summed E-state index contributed by atoms with van der Waals surface area (Å²) < 4.78 is 0. The van der Waals surface area contributed by atoms with Crippen LogP contribution in [0.25, 0.3) is 0 Å². The van der Waals surface area contributed by atoms with Crippen molar-refractivity contribution < 1.29 is 29.1 Å². The van der Waals surface area contributed by atoms with Crippen molar-refractivity contribution in [2.45, 2.75) is 25.3 Å². The topological polar surface area (TPSA) is 121 Å². The number of rotatable bonds is 8. The Bertz CT molecular complexity index is 453. The van der Waals surface area contributed by atoms with Gasteiger partial charge in [0.1, 0.15) is 0 Å². The number of nitrogens with one attached hydrogen (secondary N) is 1. The van der Waals surface area contributed by atoms with Gasteiger partial charge in [0.25, 0.3) is 11.8 Å². The van der Waals surface area contributed by atoms with Gasteiger partial charge >= 0.3 is 5.97 Å². The van der Waals surface area contributed by atoms with E-state index < -0.39 is 29.7 Å². The average molecular weight is 281 g/mol. The van der Waals surface area contributed by atoms with Crippen molar-refractivity contribution in [3.8, 4) is 0 Å². The Balaban J connectivity index is 2.35. The first-order valence-electron chi connectivity index (χ1n) is 5.86. The van der Waals surface area contributed by atoms with Crippen LogP contribution in [0, 0.1) is 0 Å². The van der Waals surface area contributed by atoms with E-state index in [0.717, 1.165) is 17.1 Å². The summed E-state index contributed by atoms with van der Waals surface area (Å²) in [4.78, 5) is 55.7. The number of carbonyl (C=O) groups excluding carboxylic acids is 4. The van der Waals surface area contributed by atoms with Crippen molar-refractivity contribution in [2.75, 3.05) is 6.54 Å². The van der Waals surface area contributed by atoms with Gasteiger partial charge in [-0.1, -0.05) is 0 Å². The molecule has 1 heterocycles. The highest BCUT2D eigenvalue weighted by atomic mass is 16.4. The van der Waals surface area contributed by atoms with Gasteiger partial charge in [-0.25, -0.2) is 0 Å². The van der Waals surface area contributed by atoms with Crippen molar-refractivity contribution in [2.24, 2.45) is 0 Å². The zero-order valence-electron chi connectivity index (χ0n) is 10.5. The third kappa shape index (κ3) is 4.63. The summed E-state index contributed by atoms with van der Waals surface area (Å²) >= 11 is 0. The number of imide groups is 1. The zero-order chi connectivity index (χ0) is 15.1. The smallest absolute Gasteiger partial charge is 0.303 e. The fourth-order valence-electron chi connectivity index (χ4n) is 1.56. The van der Waals surface area contributed by atoms with Gasteiger partial charge in [-0.2, -0.15) is 0 Å². The lowest BCUT2D eigenvalue weighted by atomic mass is 10.1. The minimum Gasteiger partial charge on any atom is -0.481 e. The van der Waals surface area contributed by atoms with E-state index in [1.807, 2.05) is 0 Å². The van der Waals surface area contributed by atoms with Crippen molar-refractivity contribution in [1.29, 1.82) is 0 Å². The third-order valence-electron chi connectivity index (χ3n) is 2.59. The molecule has 0 spiro atoms. The first-order chi connectivity index (χ1) is 9.43. The molecule has 107 valence electrons. The van der Waals surface area contributed by atoms with E-state index in [-0.39, 0.29) is 25.8 Å². The van der Waals surface area contributed by atoms with E-state index >= 15 is 0 Å². The molecule has 1 aliphatic heterocycles. The molecular formula is C12H13N2O6. The van der Waals surface area contributed by atoms with Crippen LogP contribution in [0.1, 0.15) is 19.3 Å². The van der Waals surface area contributed by atoms with Crippen molar-refractivity contribution in [1.82, 2.24) is 10.2 Å². The molecule has 1 rings (SSSR count). The highest BCUT2D eigenvalue weighted by molar-refractivity contribution is 6.13. The molecular weight excluding hydrogens is 268 g/mol. The molecule has 8 heteroatoms. The molecule has 1 aliphatic rings. The Hall–Kier alpha value is -2.51. The van der Waals surface area contributed by atoms with E-state index in [2.05, 4.69) is 5.32 Å². The molecule has 0 unspecified atom stereocenters. The number of hydrogen-bond donors (Lipinski definition) is 2. The summed E-state index contributed by atoms with van der Waals surface area (Å²) in [6.07, 6.45) is 3.25. The molecule has 0 aromatic rings. The summed E-state index contributed by atoms with van der Waals surface area (Å²) in [6.45, 7) is -0.0962. The summed E-state index contributed by atoms with van der Waals surface area (Å²) in [6, 6.07) is -1.01. The fourth-order valence-corrected chi connectivity index (χ4v) is 1.56. The quantitative estimate of drug-likeness (QED) is 0.537. The van der Waals surface area contributed by atoms with Crippen LogP contribution >= 0.6 is 0 Å². The predicted molar refractivity (Wildman–Crippen MR) is 65.0 cm³/mol. The number of nitrogens with zero attached hydrogens (tertiary/aromatic N) is 1. The number of carbonyl (C=O) groups is 4. The zero-order valence-corrected chi connectivity index (χ0v) is 10.5. The van der Waals surface area contributed by atoms with Crippen molar-refractivity contribution in [3.63, 3.8) is 0 Å². The van der Waals surface area contributed by atoms with Crippen LogP contribution in [-0.4, -0.2) is 52.6 Å². The maximum absolute atomic E-state index is 11.5. The van der Waals surface area contributed by atoms with Crippen LogP contribution in [0.4, 0.5) is 0 Å². The van der Waals surface area contributed by atoms with Crippen molar-refractivity contribution >= 4 is 30.0 Å². The number of amides is 3. The Morgan fingerprint density at radius 2 is 1.85 bits per heavy atom. The van der Waals surface area contributed by atoms with Gasteiger partial charge in [-0.05, 0) is 6.42 Å². The lowest BCUT2D eigenvalue weighted by Crippen LogP contribution is -2.39. The lowest BCUT2D eigenvalue weighted by molar-refractivity contribution is -0.139. The summed E-state index contributed by atoms with van der Waals surface area (Å²) in [7, 11) is 0. The first-order valence-corrected chi connectivity index (χ1v) is 5.86. The summed E-state index contributed by atoms with van der Waals surface area (Å²) in [5.74, 6) is -2.63. The molecule has 0 aromatic heterocycles. The van der Waals surface area contributed by atoms with Gasteiger partial charge in [-0.15, -0.1) is 0 Å². The lowest BCUT2D eigenvalue weighted by Gasteiger charge is -2.15. The van der Waals surface area contributed by atoms with Crippen LogP contribution in [0.2, 0.25) is 0 Å². The molecule has 0 aliphatic carbocycles. The van der Waals surface area contributed by atoms with Gasteiger partial charge in [0.2, 0.25) is 12.2 Å². The number of carboxylic acid groups (broad SMARTS) is 1. The van der Waals surface area contributed by atoms with Crippen LogP contribution in [0.3, 0.4) is 0 Å². The average Bonchev–Trinajstić information content (AvgIpc) is 2.71. The van der Waals surface area contributed by atoms with Gasteiger partial charge in [0.15, 0.2) is 0 Å². The maximum atomic E-state index is 11.5. The predicted octanol–water partition coefficient (Wildman–Crippen LogP) is -1.24. The molecule has 0 fully saturated rings. The van der Waals surface area contributed by atoms with Gasteiger partial charge in [0.05, 0.1) is 6.04 Å².